The number of rotatable bonds is 5. The van der Waals surface area contributed by atoms with E-state index in [1.54, 1.807) is 4.90 Å². The second-order valence-corrected chi connectivity index (χ2v) is 10.3. The van der Waals surface area contributed by atoms with E-state index in [4.69, 9.17) is 0 Å². The normalized spacial score (nSPS) is 40.1. The third kappa shape index (κ3) is 3.94. The van der Waals surface area contributed by atoms with Gasteiger partial charge in [-0.1, -0.05) is 30.3 Å². The Morgan fingerprint density at radius 2 is 1.56 bits per heavy atom. The largest absolute Gasteiger partial charge is 0.353 e. The highest BCUT2D eigenvalue weighted by atomic mass is 16.1. The molecule has 4 bridgehead atoms. The van der Waals surface area contributed by atoms with Crippen molar-refractivity contribution >= 4 is 5.91 Å². The van der Waals surface area contributed by atoms with Gasteiger partial charge in [-0.05, 0) is 61.7 Å². The Balaban J connectivity index is 1.10. The number of amides is 1. The minimum absolute atomic E-state index is 0.355. The first-order valence-electron chi connectivity index (χ1n) is 11.3. The summed E-state index contributed by atoms with van der Waals surface area (Å²) in [6, 6.07) is 11.2. The van der Waals surface area contributed by atoms with Crippen LogP contribution in [0.1, 0.15) is 63.4 Å². The van der Waals surface area contributed by atoms with Gasteiger partial charge in [0.15, 0.2) is 0 Å². The van der Waals surface area contributed by atoms with Gasteiger partial charge in [0.2, 0.25) is 5.91 Å². The maximum atomic E-state index is 12.9. The number of hydrogen-bond donors (Lipinski definition) is 2. The van der Waals surface area contributed by atoms with E-state index < -0.39 is 0 Å². The summed E-state index contributed by atoms with van der Waals surface area (Å²) in [4.78, 5) is 14.5. The Labute approximate surface area is 163 Å². The standard InChI is InChI=1S/C24H34N2O/c27-23(16-24-13-19-10-20(14-24)12-21(11-19)15-24)25-22-6-8-26(9-7-22)17-18-4-2-1-3-5-18/h1-5,19-22H,6-17H2,(H,25,27)/p+1. The molecule has 5 fully saturated rings. The molecular weight excluding hydrogens is 332 g/mol. The van der Waals surface area contributed by atoms with E-state index in [9.17, 15) is 4.79 Å². The topological polar surface area (TPSA) is 33.5 Å². The minimum Gasteiger partial charge on any atom is -0.353 e. The number of carbonyl (C=O) groups excluding carboxylic acids is 1. The van der Waals surface area contributed by atoms with E-state index in [1.165, 1.54) is 57.2 Å². The Bertz CT molecular complexity index is 627. The maximum absolute atomic E-state index is 12.9. The molecule has 6 rings (SSSR count). The van der Waals surface area contributed by atoms with Crippen LogP contribution < -0.4 is 10.2 Å². The van der Waals surface area contributed by atoms with E-state index in [2.05, 4.69) is 35.6 Å². The lowest BCUT2D eigenvalue weighted by atomic mass is 9.49. The van der Waals surface area contributed by atoms with Crippen LogP contribution in [-0.2, 0) is 11.3 Å². The van der Waals surface area contributed by atoms with Gasteiger partial charge in [0.1, 0.15) is 6.54 Å². The van der Waals surface area contributed by atoms with Crippen LogP contribution in [0.4, 0.5) is 0 Å². The molecule has 0 spiro atoms. The molecule has 1 aromatic rings. The first-order valence-corrected chi connectivity index (χ1v) is 11.3. The molecule has 4 saturated carbocycles. The quantitative estimate of drug-likeness (QED) is 0.824. The van der Waals surface area contributed by atoms with Crippen LogP contribution in [-0.4, -0.2) is 25.0 Å². The average molecular weight is 368 g/mol. The summed E-state index contributed by atoms with van der Waals surface area (Å²) in [6.07, 6.45) is 11.5. The van der Waals surface area contributed by atoms with Crippen molar-refractivity contribution in [2.75, 3.05) is 13.1 Å². The molecule has 1 saturated heterocycles. The Morgan fingerprint density at radius 1 is 0.963 bits per heavy atom. The molecular formula is C24H35N2O+. The third-order valence-electron chi connectivity index (χ3n) is 8.06. The molecule has 0 unspecified atom stereocenters. The summed E-state index contributed by atoms with van der Waals surface area (Å²) in [5.41, 5.74) is 1.80. The Morgan fingerprint density at radius 3 is 2.15 bits per heavy atom. The van der Waals surface area contributed by atoms with Crippen LogP contribution in [0.15, 0.2) is 30.3 Å². The number of carbonyl (C=O) groups is 1. The highest BCUT2D eigenvalue weighted by molar-refractivity contribution is 5.77. The number of piperidine rings is 1. The lowest BCUT2D eigenvalue weighted by Crippen LogP contribution is -3.12. The second kappa shape index (κ2) is 7.24. The maximum Gasteiger partial charge on any atom is 0.220 e. The van der Waals surface area contributed by atoms with E-state index in [0.29, 0.717) is 17.4 Å². The molecule has 1 aromatic carbocycles. The van der Waals surface area contributed by atoms with Crippen molar-refractivity contribution in [2.24, 2.45) is 23.2 Å². The smallest absolute Gasteiger partial charge is 0.220 e. The van der Waals surface area contributed by atoms with E-state index in [0.717, 1.165) is 43.6 Å². The third-order valence-corrected chi connectivity index (χ3v) is 8.06. The number of quaternary nitrogens is 1. The zero-order valence-electron chi connectivity index (χ0n) is 16.6. The molecule has 1 heterocycles. The molecule has 0 aromatic heterocycles. The highest BCUT2D eigenvalue weighted by Crippen LogP contribution is 2.61. The predicted octanol–water partition coefficient (Wildman–Crippen LogP) is 2.96. The van der Waals surface area contributed by atoms with Crippen molar-refractivity contribution in [2.45, 2.75) is 70.4 Å². The molecule has 3 heteroatoms. The second-order valence-electron chi connectivity index (χ2n) is 10.3. The average Bonchev–Trinajstić information content (AvgIpc) is 2.62. The fourth-order valence-electron chi connectivity index (χ4n) is 7.36. The van der Waals surface area contributed by atoms with Gasteiger partial charge in [-0.15, -0.1) is 0 Å². The van der Waals surface area contributed by atoms with Crippen molar-refractivity contribution in [3.8, 4) is 0 Å². The van der Waals surface area contributed by atoms with Crippen LogP contribution in [0.3, 0.4) is 0 Å². The first-order chi connectivity index (χ1) is 13.2. The number of nitrogens with one attached hydrogen (secondary N) is 2. The minimum atomic E-state index is 0.355. The van der Waals surface area contributed by atoms with Gasteiger partial charge in [0.25, 0.3) is 0 Å². The first kappa shape index (κ1) is 17.7. The zero-order chi connectivity index (χ0) is 18.3. The summed E-state index contributed by atoms with van der Waals surface area (Å²) >= 11 is 0. The van der Waals surface area contributed by atoms with Crippen LogP contribution in [0, 0.1) is 23.2 Å². The van der Waals surface area contributed by atoms with Gasteiger partial charge in [0, 0.05) is 30.9 Å². The number of benzene rings is 1. The van der Waals surface area contributed by atoms with Crippen molar-refractivity contribution in [1.82, 2.24) is 5.32 Å². The summed E-state index contributed by atoms with van der Waals surface area (Å²) in [7, 11) is 0. The van der Waals surface area contributed by atoms with Crippen LogP contribution in [0.5, 0.6) is 0 Å². The number of likely N-dealkylation sites (tertiary alicyclic amines) is 1. The molecule has 27 heavy (non-hydrogen) atoms. The number of hydrogen-bond acceptors (Lipinski definition) is 1. The van der Waals surface area contributed by atoms with Crippen LogP contribution in [0.2, 0.25) is 0 Å². The molecule has 2 N–H and O–H groups in total. The van der Waals surface area contributed by atoms with Gasteiger partial charge in [-0.3, -0.25) is 4.79 Å². The Hall–Kier alpha value is -1.35. The summed E-state index contributed by atoms with van der Waals surface area (Å²) < 4.78 is 0. The van der Waals surface area contributed by atoms with Gasteiger partial charge in [-0.2, -0.15) is 0 Å². The fourth-order valence-corrected chi connectivity index (χ4v) is 7.36. The van der Waals surface area contributed by atoms with E-state index >= 15 is 0 Å². The molecule has 0 atom stereocenters. The predicted molar refractivity (Wildman–Crippen MR) is 107 cm³/mol. The van der Waals surface area contributed by atoms with Crippen molar-refractivity contribution in [3.63, 3.8) is 0 Å². The molecule has 1 aliphatic heterocycles. The van der Waals surface area contributed by atoms with Crippen LogP contribution >= 0.6 is 0 Å². The van der Waals surface area contributed by atoms with Gasteiger partial charge < -0.3 is 10.2 Å². The summed E-state index contributed by atoms with van der Waals surface area (Å²) in [5.74, 6) is 3.17. The highest BCUT2D eigenvalue weighted by Gasteiger charge is 2.51. The molecule has 3 nitrogen and oxygen atoms in total. The summed E-state index contributed by atoms with van der Waals surface area (Å²) in [6.45, 7) is 3.48. The molecule has 146 valence electrons. The molecule has 0 radical (unpaired) electrons. The van der Waals surface area contributed by atoms with E-state index in [1.807, 2.05) is 0 Å². The molecule has 5 aliphatic rings. The van der Waals surface area contributed by atoms with Crippen molar-refractivity contribution in [3.05, 3.63) is 35.9 Å². The monoisotopic (exact) mass is 367 g/mol. The zero-order valence-corrected chi connectivity index (χ0v) is 16.6. The van der Waals surface area contributed by atoms with Gasteiger partial charge >= 0.3 is 0 Å². The van der Waals surface area contributed by atoms with E-state index in [-0.39, 0.29) is 0 Å². The lowest BCUT2D eigenvalue weighted by molar-refractivity contribution is -0.918. The molecule has 1 amide bonds. The van der Waals surface area contributed by atoms with Gasteiger partial charge in [0.05, 0.1) is 13.1 Å². The van der Waals surface area contributed by atoms with Crippen molar-refractivity contribution < 1.29 is 9.69 Å². The lowest BCUT2D eigenvalue weighted by Gasteiger charge is -2.56. The van der Waals surface area contributed by atoms with Gasteiger partial charge in [-0.25, -0.2) is 0 Å². The Kier molecular flexibility index (Phi) is 4.75. The SMILES string of the molecule is O=C(CC12CC3CC(CC(C3)C1)C2)NC1CC[NH+](Cc2ccccc2)CC1. The summed E-state index contributed by atoms with van der Waals surface area (Å²) in [5, 5.41) is 3.43. The fraction of sp³-hybridized carbons (Fsp3) is 0.708. The van der Waals surface area contributed by atoms with Crippen molar-refractivity contribution in [1.29, 1.82) is 0 Å². The van der Waals surface area contributed by atoms with Crippen LogP contribution in [0.25, 0.3) is 0 Å². The molecule has 4 aliphatic carbocycles.